The Kier molecular flexibility index (Phi) is 22.5. The molecule has 16 heteroatoms. The molecule has 2 aromatic carbocycles. The average Bonchev–Trinajstić information content (AvgIpc) is 3.06. The number of rotatable bonds is 31. The Morgan fingerprint density at radius 2 is 0.913 bits per heavy atom. The van der Waals surface area contributed by atoms with Crippen LogP contribution >= 0.6 is 0 Å². The fraction of sp³-hybridized carbons (Fsp3) is 0.600. The molecular formula is C30H45N3O13. The van der Waals surface area contributed by atoms with Crippen molar-refractivity contribution in [3.05, 3.63) is 68.8 Å². The summed E-state index contributed by atoms with van der Waals surface area (Å²) in [6.07, 6.45) is 0. The number of nitro benzene ring substituents is 2. The Balaban J connectivity index is 1.23. The number of anilines is 1. The van der Waals surface area contributed by atoms with Gasteiger partial charge in [0.15, 0.2) is 0 Å². The van der Waals surface area contributed by atoms with Crippen LogP contribution in [0.4, 0.5) is 17.1 Å². The van der Waals surface area contributed by atoms with E-state index >= 15 is 0 Å². The average molecular weight is 656 g/mol. The summed E-state index contributed by atoms with van der Waals surface area (Å²) in [5.74, 6) is 0.829. The molecule has 0 amide bonds. The van der Waals surface area contributed by atoms with Crippen molar-refractivity contribution < 1.29 is 52.5 Å². The van der Waals surface area contributed by atoms with Crippen molar-refractivity contribution in [1.82, 2.24) is 0 Å². The summed E-state index contributed by atoms with van der Waals surface area (Å²) in [5, 5.41) is 24.8. The molecule has 0 saturated heterocycles. The minimum Gasteiger partial charge on any atom is -0.491 e. The molecule has 0 saturated carbocycles. The van der Waals surface area contributed by atoms with Crippen LogP contribution in [0.2, 0.25) is 0 Å². The van der Waals surface area contributed by atoms with Crippen LogP contribution in [0.5, 0.6) is 5.75 Å². The molecule has 0 heterocycles. The number of nitrogens with zero attached hydrogens (tertiary/aromatic N) is 2. The van der Waals surface area contributed by atoms with Gasteiger partial charge >= 0.3 is 0 Å². The van der Waals surface area contributed by atoms with Gasteiger partial charge in [-0.1, -0.05) is 18.2 Å². The summed E-state index contributed by atoms with van der Waals surface area (Å²) in [6.45, 7) is 7.88. The van der Waals surface area contributed by atoms with Crippen molar-refractivity contribution in [2.45, 2.75) is 0 Å². The van der Waals surface area contributed by atoms with Gasteiger partial charge in [0.1, 0.15) is 18.0 Å². The third-order valence-electron chi connectivity index (χ3n) is 5.79. The molecule has 0 aliphatic carbocycles. The van der Waals surface area contributed by atoms with Gasteiger partial charge in [0.25, 0.3) is 11.4 Å². The Morgan fingerprint density at radius 1 is 0.500 bits per heavy atom. The zero-order valence-electron chi connectivity index (χ0n) is 26.0. The van der Waals surface area contributed by atoms with Crippen LogP contribution in [0.1, 0.15) is 0 Å². The van der Waals surface area contributed by atoms with Gasteiger partial charge < -0.3 is 47.9 Å². The maximum atomic E-state index is 11.1. The van der Waals surface area contributed by atoms with Gasteiger partial charge in [0.2, 0.25) is 0 Å². The van der Waals surface area contributed by atoms with Gasteiger partial charge in [0.05, 0.1) is 122 Å². The quantitative estimate of drug-likeness (QED) is 0.0710. The third-order valence-corrected chi connectivity index (χ3v) is 5.79. The van der Waals surface area contributed by atoms with Gasteiger partial charge in [-0.3, -0.25) is 20.2 Å². The van der Waals surface area contributed by atoms with Crippen molar-refractivity contribution in [2.75, 3.05) is 124 Å². The lowest BCUT2D eigenvalue weighted by Crippen LogP contribution is -2.16. The topological polar surface area (TPSA) is 181 Å². The van der Waals surface area contributed by atoms with Crippen LogP contribution in [0.15, 0.2) is 48.5 Å². The molecule has 0 aliphatic heterocycles. The maximum Gasteiger partial charge on any atom is 0.299 e. The summed E-state index contributed by atoms with van der Waals surface area (Å²) in [4.78, 5) is 20.6. The Labute approximate surface area is 268 Å². The van der Waals surface area contributed by atoms with Gasteiger partial charge in [-0.15, -0.1) is 0 Å². The molecule has 0 atom stereocenters. The number of para-hydroxylation sites is 1. The van der Waals surface area contributed by atoms with E-state index in [4.69, 9.17) is 42.6 Å². The van der Waals surface area contributed by atoms with Crippen LogP contribution < -0.4 is 10.1 Å². The molecule has 0 fully saturated rings. The van der Waals surface area contributed by atoms with Gasteiger partial charge in [-0.05, 0) is 18.2 Å². The van der Waals surface area contributed by atoms with E-state index < -0.39 is 9.85 Å². The largest absolute Gasteiger partial charge is 0.491 e. The number of hydrogen-bond acceptors (Lipinski definition) is 14. The Morgan fingerprint density at radius 3 is 1.33 bits per heavy atom. The van der Waals surface area contributed by atoms with E-state index in [0.29, 0.717) is 112 Å². The second-order valence-electron chi connectivity index (χ2n) is 9.20. The Bertz CT molecular complexity index is 1070. The lowest BCUT2D eigenvalue weighted by molar-refractivity contribution is -0.393. The summed E-state index contributed by atoms with van der Waals surface area (Å²) in [6, 6.07) is 13.0. The minimum absolute atomic E-state index is 0.187. The summed E-state index contributed by atoms with van der Waals surface area (Å²) >= 11 is 0. The Hall–Kier alpha value is -3.48. The first kappa shape index (κ1) is 38.7. The van der Waals surface area contributed by atoms with Crippen LogP contribution in [-0.4, -0.2) is 129 Å². The third kappa shape index (κ3) is 19.8. The number of nitro groups is 2. The maximum absolute atomic E-state index is 11.1. The molecule has 0 unspecified atom stereocenters. The monoisotopic (exact) mass is 655 g/mol. The first-order valence-electron chi connectivity index (χ1n) is 15.0. The smallest absolute Gasteiger partial charge is 0.299 e. The predicted octanol–water partition coefficient (Wildman–Crippen LogP) is 3.13. The minimum atomic E-state index is -0.680. The van der Waals surface area contributed by atoms with E-state index in [-0.39, 0.29) is 23.7 Å². The predicted molar refractivity (Wildman–Crippen MR) is 167 cm³/mol. The van der Waals surface area contributed by atoms with E-state index in [0.717, 1.165) is 11.8 Å². The highest BCUT2D eigenvalue weighted by atomic mass is 16.6. The SMILES string of the molecule is O=[N+]([O-])c1ccc(NCCOCCOCCOCCOCCOCCOCCOCCOCCOc2ccccc2)c([N+](=O)[O-])c1. The van der Waals surface area contributed by atoms with Crippen LogP contribution in [0, 0.1) is 20.2 Å². The molecule has 0 radical (unpaired) electrons. The van der Waals surface area contributed by atoms with Gasteiger partial charge in [-0.25, -0.2) is 0 Å². The number of benzene rings is 2. The number of non-ortho nitro benzene ring substituents is 1. The molecule has 2 rings (SSSR count). The molecule has 0 aromatic heterocycles. The number of hydrogen-bond donors (Lipinski definition) is 1. The lowest BCUT2D eigenvalue weighted by atomic mass is 10.2. The fourth-order valence-corrected chi connectivity index (χ4v) is 3.57. The van der Waals surface area contributed by atoms with Crippen LogP contribution in [0.3, 0.4) is 0 Å². The summed E-state index contributed by atoms with van der Waals surface area (Å²) in [5.41, 5.74) is -0.522. The fourth-order valence-electron chi connectivity index (χ4n) is 3.57. The van der Waals surface area contributed by atoms with Crippen molar-refractivity contribution in [3.8, 4) is 5.75 Å². The van der Waals surface area contributed by atoms with E-state index in [1.165, 1.54) is 12.1 Å². The van der Waals surface area contributed by atoms with E-state index in [2.05, 4.69) is 5.32 Å². The van der Waals surface area contributed by atoms with Crippen LogP contribution in [-0.2, 0) is 37.9 Å². The van der Waals surface area contributed by atoms with Gasteiger partial charge in [0, 0.05) is 12.6 Å². The standard InChI is InChI=1S/C30H45N3O13/c34-32(35)27-6-7-29(30(26-27)33(36)37)31-8-9-38-10-11-39-12-13-40-14-15-41-16-17-42-18-19-43-20-21-44-22-23-45-24-25-46-28-4-2-1-3-5-28/h1-7,26,31H,8-25H2. The zero-order valence-corrected chi connectivity index (χ0v) is 26.0. The second kappa shape index (κ2) is 26.7. The van der Waals surface area contributed by atoms with E-state index in [1.54, 1.807) is 0 Å². The van der Waals surface area contributed by atoms with Crippen molar-refractivity contribution in [2.24, 2.45) is 0 Å². The molecule has 1 N–H and O–H groups in total. The highest BCUT2D eigenvalue weighted by Crippen LogP contribution is 2.28. The lowest BCUT2D eigenvalue weighted by Gasteiger charge is -2.09. The first-order chi connectivity index (χ1) is 22.6. The van der Waals surface area contributed by atoms with Crippen molar-refractivity contribution in [1.29, 1.82) is 0 Å². The second-order valence-corrected chi connectivity index (χ2v) is 9.20. The van der Waals surface area contributed by atoms with Crippen LogP contribution in [0.25, 0.3) is 0 Å². The van der Waals surface area contributed by atoms with E-state index in [1.807, 2.05) is 30.3 Å². The molecule has 2 aromatic rings. The highest BCUT2D eigenvalue weighted by molar-refractivity contribution is 5.65. The number of nitrogens with one attached hydrogen (secondary N) is 1. The molecule has 0 bridgehead atoms. The molecule has 0 spiro atoms. The van der Waals surface area contributed by atoms with Gasteiger partial charge in [-0.2, -0.15) is 0 Å². The van der Waals surface area contributed by atoms with E-state index in [9.17, 15) is 20.2 Å². The highest BCUT2D eigenvalue weighted by Gasteiger charge is 2.19. The molecular weight excluding hydrogens is 610 g/mol. The zero-order chi connectivity index (χ0) is 32.9. The molecule has 258 valence electrons. The van der Waals surface area contributed by atoms with Crippen molar-refractivity contribution in [3.63, 3.8) is 0 Å². The number of ether oxygens (including phenoxy) is 9. The van der Waals surface area contributed by atoms with Crippen molar-refractivity contribution >= 4 is 17.1 Å². The molecule has 16 nitrogen and oxygen atoms in total. The first-order valence-corrected chi connectivity index (χ1v) is 15.0. The summed E-state index contributed by atoms with van der Waals surface area (Å²) < 4.78 is 49.1. The molecule has 0 aliphatic rings. The summed E-state index contributed by atoms with van der Waals surface area (Å²) in [7, 11) is 0. The normalized spacial score (nSPS) is 11.0. The molecule has 46 heavy (non-hydrogen) atoms.